The molecule has 0 bridgehead atoms. The van der Waals surface area contributed by atoms with E-state index in [0.29, 0.717) is 5.02 Å². The molecule has 90 valence electrons. The van der Waals surface area contributed by atoms with Gasteiger partial charge in [-0.3, -0.25) is 14.5 Å². The van der Waals surface area contributed by atoms with E-state index in [1.54, 1.807) is 12.1 Å². The van der Waals surface area contributed by atoms with Gasteiger partial charge in [0.1, 0.15) is 4.83 Å². The van der Waals surface area contributed by atoms with Crippen molar-refractivity contribution in [2.24, 2.45) is 0 Å². The molecule has 2 amide bonds. The van der Waals surface area contributed by atoms with Crippen LogP contribution in [0.1, 0.15) is 24.9 Å². The average Bonchev–Trinajstić information content (AvgIpc) is 2.53. The Morgan fingerprint density at radius 1 is 1.35 bits per heavy atom. The van der Waals surface area contributed by atoms with Crippen LogP contribution in [0.25, 0.3) is 0 Å². The molecule has 0 spiro atoms. The van der Waals surface area contributed by atoms with Gasteiger partial charge >= 0.3 is 0 Å². The largest absolute Gasteiger partial charge is 0.274 e. The van der Waals surface area contributed by atoms with E-state index >= 15 is 0 Å². The van der Waals surface area contributed by atoms with Gasteiger partial charge in [-0.05, 0) is 24.6 Å². The number of likely N-dealkylation sites (tertiary alicyclic amines) is 1. The van der Waals surface area contributed by atoms with E-state index in [-0.39, 0.29) is 29.1 Å². The minimum Gasteiger partial charge on any atom is -0.274 e. The predicted molar refractivity (Wildman–Crippen MR) is 69.1 cm³/mol. The van der Waals surface area contributed by atoms with Crippen LogP contribution in [0.5, 0.6) is 0 Å². The van der Waals surface area contributed by atoms with Crippen molar-refractivity contribution in [1.82, 2.24) is 4.90 Å². The quantitative estimate of drug-likeness (QED) is 0.621. The van der Waals surface area contributed by atoms with Gasteiger partial charge in [-0.15, -0.1) is 0 Å². The summed E-state index contributed by atoms with van der Waals surface area (Å²) in [5, 5.41) is 0.637. The van der Waals surface area contributed by atoms with Crippen LogP contribution in [0.3, 0.4) is 0 Å². The molecule has 1 heterocycles. The Morgan fingerprint density at radius 2 is 1.94 bits per heavy atom. The Hall–Kier alpha value is -0.870. The van der Waals surface area contributed by atoms with Crippen molar-refractivity contribution in [2.45, 2.75) is 24.2 Å². The highest BCUT2D eigenvalue weighted by atomic mass is 79.9. The number of imide groups is 1. The second-order valence-corrected chi connectivity index (χ2v) is 5.54. The van der Waals surface area contributed by atoms with Crippen molar-refractivity contribution in [3.8, 4) is 0 Å². The van der Waals surface area contributed by atoms with Crippen LogP contribution in [0.15, 0.2) is 24.3 Å². The molecule has 0 saturated carbocycles. The lowest BCUT2D eigenvalue weighted by molar-refractivity contribution is -0.140. The normalized spacial score (nSPS) is 22.1. The molecule has 0 radical (unpaired) electrons. The van der Waals surface area contributed by atoms with Gasteiger partial charge in [0.15, 0.2) is 0 Å². The highest BCUT2D eigenvalue weighted by molar-refractivity contribution is 9.10. The zero-order valence-electron chi connectivity index (χ0n) is 9.19. The molecule has 5 heteroatoms. The molecule has 1 fully saturated rings. The zero-order valence-corrected chi connectivity index (χ0v) is 11.5. The lowest BCUT2D eigenvalue weighted by atomic mass is 10.1. The minimum atomic E-state index is -0.384. The molecule has 2 rings (SSSR count). The maximum atomic E-state index is 11.8. The van der Waals surface area contributed by atoms with E-state index in [0.717, 1.165) is 5.56 Å². The van der Waals surface area contributed by atoms with Crippen molar-refractivity contribution in [3.63, 3.8) is 0 Å². The Morgan fingerprint density at radius 3 is 2.41 bits per heavy atom. The summed E-state index contributed by atoms with van der Waals surface area (Å²) in [6.07, 6.45) is 0.233. The van der Waals surface area contributed by atoms with Crippen molar-refractivity contribution in [1.29, 1.82) is 0 Å². The summed E-state index contributed by atoms with van der Waals surface area (Å²) in [5.41, 5.74) is 0.901. The van der Waals surface area contributed by atoms with Crippen LogP contribution >= 0.6 is 27.5 Å². The van der Waals surface area contributed by atoms with Gasteiger partial charge < -0.3 is 0 Å². The van der Waals surface area contributed by atoms with Gasteiger partial charge in [0, 0.05) is 11.4 Å². The molecule has 17 heavy (non-hydrogen) atoms. The Bertz CT molecular complexity index is 460. The molecule has 2 atom stereocenters. The van der Waals surface area contributed by atoms with Gasteiger partial charge in [-0.1, -0.05) is 39.7 Å². The molecular formula is C12H11BrClNO2. The SMILES string of the molecule is CC(c1ccc(Cl)cc1)N1C(=O)CC(Br)C1=O. The smallest absolute Gasteiger partial charge is 0.244 e. The maximum absolute atomic E-state index is 11.8. The van der Waals surface area contributed by atoms with Crippen molar-refractivity contribution in [3.05, 3.63) is 34.9 Å². The standard InChI is InChI=1S/C12H11BrClNO2/c1-7(8-2-4-9(14)5-3-8)15-11(16)6-10(13)12(15)17/h2-5,7,10H,6H2,1H3. The van der Waals surface area contributed by atoms with Crippen molar-refractivity contribution >= 4 is 39.3 Å². The van der Waals surface area contributed by atoms with Crippen LogP contribution in [0, 0.1) is 0 Å². The summed E-state index contributed by atoms with van der Waals surface area (Å²) < 4.78 is 0. The van der Waals surface area contributed by atoms with Crippen LogP contribution in [-0.4, -0.2) is 21.5 Å². The van der Waals surface area contributed by atoms with E-state index in [4.69, 9.17) is 11.6 Å². The molecule has 1 aliphatic heterocycles. The summed E-state index contributed by atoms with van der Waals surface area (Å²) >= 11 is 9.01. The molecule has 1 aromatic carbocycles. The number of hydrogen-bond acceptors (Lipinski definition) is 2. The van der Waals surface area contributed by atoms with Crippen LogP contribution in [0.2, 0.25) is 5.02 Å². The fourth-order valence-corrected chi connectivity index (χ4v) is 2.53. The first-order valence-electron chi connectivity index (χ1n) is 5.26. The summed E-state index contributed by atoms with van der Waals surface area (Å²) in [5.74, 6) is -0.309. The second kappa shape index (κ2) is 4.78. The molecule has 3 nitrogen and oxygen atoms in total. The second-order valence-electron chi connectivity index (χ2n) is 4.00. The first-order chi connectivity index (χ1) is 8.00. The molecule has 1 aromatic rings. The lowest BCUT2D eigenvalue weighted by Crippen LogP contribution is -2.33. The highest BCUT2D eigenvalue weighted by Gasteiger charge is 2.39. The molecule has 1 saturated heterocycles. The third-order valence-electron chi connectivity index (χ3n) is 2.87. The number of carbonyl (C=O) groups excluding carboxylic acids is 2. The van der Waals surface area contributed by atoms with E-state index < -0.39 is 0 Å². The van der Waals surface area contributed by atoms with E-state index in [2.05, 4.69) is 15.9 Å². The topological polar surface area (TPSA) is 37.4 Å². The highest BCUT2D eigenvalue weighted by Crippen LogP contribution is 2.30. The summed E-state index contributed by atoms with van der Waals surface area (Å²) in [7, 11) is 0. The fourth-order valence-electron chi connectivity index (χ4n) is 1.91. The van der Waals surface area contributed by atoms with Crippen molar-refractivity contribution in [2.75, 3.05) is 0 Å². The number of carbonyl (C=O) groups is 2. The minimum absolute atomic E-state index is 0.140. The van der Waals surface area contributed by atoms with Crippen LogP contribution in [0.4, 0.5) is 0 Å². The molecule has 0 aromatic heterocycles. The predicted octanol–water partition coefficient (Wildman–Crippen LogP) is 2.92. The first kappa shape index (κ1) is 12.6. The summed E-state index contributed by atoms with van der Waals surface area (Å²) in [6.45, 7) is 1.84. The van der Waals surface area contributed by atoms with E-state index in [9.17, 15) is 9.59 Å². The zero-order chi connectivity index (χ0) is 12.6. The summed E-state index contributed by atoms with van der Waals surface area (Å²) in [6, 6.07) is 6.91. The van der Waals surface area contributed by atoms with E-state index in [1.165, 1.54) is 4.90 Å². The van der Waals surface area contributed by atoms with Gasteiger partial charge in [0.2, 0.25) is 11.8 Å². The van der Waals surface area contributed by atoms with Gasteiger partial charge in [-0.2, -0.15) is 0 Å². The monoisotopic (exact) mass is 315 g/mol. The van der Waals surface area contributed by atoms with E-state index in [1.807, 2.05) is 19.1 Å². The van der Waals surface area contributed by atoms with Gasteiger partial charge in [0.05, 0.1) is 6.04 Å². The third-order valence-corrected chi connectivity index (χ3v) is 3.84. The number of benzene rings is 1. The number of rotatable bonds is 2. The number of alkyl halides is 1. The number of amides is 2. The molecule has 2 unspecified atom stereocenters. The lowest BCUT2D eigenvalue weighted by Gasteiger charge is -2.23. The first-order valence-corrected chi connectivity index (χ1v) is 6.55. The Labute approximate surface area is 113 Å². The summed E-state index contributed by atoms with van der Waals surface area (Å²) in [4.78, 5) is 24.5. The van der Waals surface area contributed by atoms with Crippen molar-refractivity contribution < 1.29 is 9.59 Å². The molecule has 0 aliphatic carbocycles. The number of halogens is 2. The maximum Gasteiger partial charge on any atom is 0.244 e. The van der Waals surface area contributed by atoms with Gasteiger partial charge in [-0.25, -0.2) is 0 Å². The van der Waals surface area contributed by atoms with Gasteiger partial charge in [0.25, 0.3) is 0 Å². The third kappa shape index (κ3) is 2.38. The number of hydrogen-bond donors (Lipinski definition) is 0. The van der Waals surface area contributed by atoms with Crippen LogP contribution < -0.4 is 0 Å². The number of nitrogens with zero attached hydrogens (tertiary/aromatic N) is 1. The average molecular weight is 317 g/mol. The van der Waals surface area contributed by atoms with Crippen LogP contribution in [-0.2, 0) is 9.59 Å². The fraction of sp³-hybridized carbons (Fsp3) is 0.333. The Balaban J connectivity index is 2.25. The Kier molecular flexibility index (Phi) is 3.54. The molecular weight excluding hydrogens is 305 g/mol. The molecule has 1 aliphatic rings. The molecule has 0 N–H and O–H groups in total.